The molecular formula is C16H30N2O. The lowest BCUT2D eigenvalue weighted by molar-refractivity contribution is 0.246. The molecule has 0 bridgehead atoms. The Bertz CT molecular complexity index is 344. The second-order valence-electron chi connectivity index (χ2n) is 6.12. The van der Waals surface area contributed by atoms with Crippen molar-refractivity contribution >= 4 is 0 Å². The molecule has 0 aromatic carbocycles. The molecule has 1 heterocycles. The number of hydrogen-bond donors (Lipinski definition) is 1. The van der Waals surface area contributed by atoms with Gasteiger partial charge in [-0.1, -0.05) is 34.6 Å². The third kappa shape index (κ3) is 6.26. The number of rotatable bonds is 9. The summed E-state index contributed by atoms with van der Waals surface area (Å²) in [5.41, 5.74) is 1.32. The summed E-state index contributed by atoms with van der Waals surface area (Å²) in [6.07, 6.45) is 1.81. The minimum atomic E-state index is 0.673. The van der Waals surface area contributed by atoms with Gasteiger partial charge in [0.05, 0.1) is 12.8 Å². The molecule has 0 fully saturated rings. The molecular weight excluding hydrogens is 236 g/mol. The van der Waals surface area contributed by atoms with Crippen LogP contribution in [0.3, 0.4) is 0 Å². The van der Waals surface area contributed by atoms with Crippen LogP contribution in [0.5, 0.6) is 0 Å². The van der Waals surface area contributed by atoms with E-state index in [1.165, 1.54) is 5.56 Å². The van der Waals surface area contributed by atoms with E-state index < -0.39 is 0 Å². The van der Waals surface area contributed by atoms with E-state index in [0.29, 0.717) is 11.8 Å². The highest BCUT2D eigenvalue weighted by Crippen LogP contribution is 2.14. The van der Waals surface area contributed by atoms with Gasteiger partial charge in [0, 0.05) is 18.7 Å². The quantitative estimate of drug-likeness (QED) is 0.741. The van der Waals surface area contributed by atoms with Gasteiger partial charge in [-0.3, -0.25) is 4.90 Å². The van der Waals surface area contributed by atoms with Gasteiger partial charge in [0.25, 0.3) is 0 Å². The van der Waals surface area contributed by atoms with Gasteiger partial charge in [-0.05, 0) is 31.0 Å². The molecule has 1 aromatic rings. The Morgan fingerprint density at radius 1 is 1.21 bits per heavy atom. The highest BCUT2D eigenvalue weighted by molar-refractivity contribution is 5.16. The Morgan fingerprint density at radius 2 is 1.95 bits per heavy atom. The van der Waals surface area contributed by atoms with Crippen LogP contribution in [0.1, 0.15) is 45.9 Å². The van der Waals surface area contributed by atoms with E-state index in [4.69, 9.17) is 4.42 Å². The first-order valence-corrected chi connectivity index (χ1v) is 7.51. The molecule has 110 valence electrons. The molecule has 3 heteroatoms. The summed E-state index contributed by atoms with van der Waals surface area (Å²) in [6, 6.07) is 2.11. The normalized spacial score (nSPS) is 12.0. The number of nitrogens with zero attached hydrogens (tertiary/aromatic N) is 1. The Hall–Kier alpha value is -0.800. The van der Waals surface area contributed by atoms with Crippen LogP contribution in [0.15, 0.2) is 16.7 Å². The Labute approximate surface area is 118 Å². The topological polar surface area (TPSA) is 28.4 Å². The number of furan rings is 1. The summed E-state index contributed by atoms with van der Waals surface area (Å²) < 4.78 is 5.61. The summed E-state index contributed by atoms with van der Waals surface area (Å²) in [6.45, 7) is 16.3. The monoisotopic (exact) mass is 266 g/mol. The second kappa shape index (κ2) is 8.39. The van der Waals surface area contributed by atoms with Crippen LogP contribution in [0.4, 0.5) is 0 Å². The van der Waals surface area contributed by atoms with Crippen LogP contribution >= 0.6 is 0 Å². The van der Waals surface area contributed by atoms with Crippen molar-refractivity contribution in [3.8, 4) is 0 Å². The highest BCUT2D eigenvalue weighted by Gasteiger charge is 2.11. The highest BCUT2D eigenvalue weighted by atomic mass is 16.3. The molecule has 1 N–H and O–H groups in total. The molecule has 0 radical (unpaired) electrons. The lowest BCUT2D eigenvalue weighted by Crippen LogP contribution is -2.27. The second-order valence-corrected chi connectivity index (χ2v) is 6.12. The first-order chi connectivity index (χ1) is 9.02. The summed E-state index contributed by atoms with van der Waals surface area (Å²) in [5, 5.41) is 3.45. The Kier molecular flexibility index (Phi) is 7.17. The number of nitrogens with one attached hydrogen (secondary N) is 1. The molecule has 3 nitrogen and oxygen atoms in total. The van der Waals surface area contributed by atoms with E-state index in [-0.39, 0.29) is 0 Å². The fourth-order valence-electron chi connectivity index (χ4n) is 2.20. The summed E-state index contributed by atoms with van der Waals surface area (Å²) in [7, 11) is 0. The van der Waals surface area contributed by atoms with Crippen LogP contribution in [-0.2, 0) is 13.1 Å². The van der Waals surface area contributed by atoms with Gasteiger partial charge in [-0.15, -0.1) is 0 Å². The standard InChI is InChI=1S/C16H30N2O/c1-6-18(11-14(4)5)12-15-7-8-19-16(15)10-17-9-13(2)3/h7-8,13-14,17H,6,9-12H2,1-5H3. The smallest absolute Gasteiger partial charge is 0.122 e. The van der Waals surface area contributed by atoms with Crippen LogP contribution in [0.2, 0.25) is 0 Å². The summed E-state index contributed by atoms with van der Waals surface area (Å²) in [4.78, 5) is 2.47. The minimum Gasteiger partial charge on any atom is -0.468 e. The van der Waals surface area contributed by atoms with Crippen LogP contribution in [-0.4, -0.2) is 24.5 Å². The first kappa shape index (κ1) is 16.3. The molecule has 0 spiro atoms. The van der Waals surface area contributed by atoms with E-state index >= 15 is 0 Å². The Morgan fingerprint density at radius 3 is 2.53 bits per heavy atom. The maximum Gasteiger partial charge on any atom is 0.122 e. The molecule has 0 unspecified atom stereocenters. The van der Waals surface area contributed by atoms with Gasteiger partial charge in [0.1, 0.15) is 5.76 Å². The molecule has 0 aliphatic rings. The molecule has 1 rings (SSSR count). The van der Waals surface area contributed by atoms with E-state index in [1.54, 1.807) is 0 Å². The van der Waals surface area contributed by atoms with Gasteiger partial charge in [0.2, 0.25) is 0 Å². The van der Waals surface area contributed by atoms with E-state index in [9.17, 15) is 0 Å². The predicted molar refractivity (Wildman–Crippen MR) is 81.0 cm³/mol. The zero-order valence-electron chi connectivity index (χ0n) is 13.2. The van der Waals surface area contributed by atoms with Crippen molar-refractivity contribution in [2.24, 2.45) is 11.8 Å². The molecule has 0 saturated carbocycles. The van der Waals surface area contributed by atoms with Crippen molar-refractivity contribution < 1.29 is 4.42 Å². The molecule has 0 aliphatic carbocycles. The molecule has 0 aliphatic heterocycles. The average Bonchev–Trinajstić information content (AvgIpc) is 2.75. The van der Waals surface area contributed by atoms with E-state index in [0.717, 1.165) is 38.5 Å². The summed E-state index contributed by atoms with van der Waals surface area (Å²) >= 11 is 0. The maximum absolute atomic E-state index is 5.61. The van der Waals surface area contributed by atoms with Gasteiger partial charge in [0.15, 0.2) is 0 Å². The van der Waals surface area contributed by atoms with Crippen LogP contribution in [0, 0.1) is 11.8 Å². The van der Waals surface area contributed by atoms with Crippen molar-refractivity contribution in [2.45, 2.75) is 47.7 Å². The van der Waals surface area contributed by atoms with Gasteiger partial charge < -0.3 is 9.73 Å². The maximum atomic E-state index is 5.61. The zero-order valence-corrected chi connectivity index (χ0v) is 13.2. The van der Waals surface area contributed by atoms with E-state index in [1.807, 2.05) is 6.26 Å². The SMILES string of the molecule is CCN(Cc1ccoc1CNCC(C)C)CC(C)C. The lowest BCUT2D eigenvalue weighted by atomic mass is 10.1. The fraction of sp³-hybridized carbons (Fsp3) is 0.750. The molecule has 0 atom stereocenters. The van der Waals surface area contributed by atoms with Crippen molar-refractivity contribution in [3.05, 3.63) is 23.7 Å². The zero-order chi connectivity index (χ0) is 14.3. The minimum absolute atomic E-state index is 0.673. The third-order valence-electron chi connectivity index (χ3n) is 3.14. The van der Waals surface area contributed by atoms with Gasteiger partial charge in [-0.25, -0.2) is 0 Å². The molecule has 19 heavy (non-hydrogen) atoms. The fourth-order valence-corrected chi connectivity index (χ4v) is 2.20. The third-order valence-corrected chi connectivity index (χ3v) is 3.14. The molecule has 0 saturated heterocycles. The number of hydrogen-bond acceptors (Lipinski definition) is 3. The molecule has 1 aromatic heterocycles. The van der Waals surface area contributed by atoms with Crippen molar-refractivity contribution in [3.63, 3.8) is 0 Å². The predicted octanol–water partition coefficient (Wildman–Crippen LogP) is 3.50. The average molecular weight is 266 g/mol. The van der Waals surface area contributed by atoms with Crippen LogP contribution < -0.4 is 5.32 Å². The summed E-state index contributed by atoms with van der Waals surface area (Å²) in [5.74, 6) is 2.46. The van der Waals surface area contributed by atoms with Crippen molar-refractivity contribution in [1.82, 2.24) is 10.2 Å². The Balaban J connectivity index is 2.51. The van der Waals surface area contributed by atoms with Gasteiger partial charge in [-0.2, -0.15) is 0 Å². The first-order valence-electron chi connectivity index (χ1n) is 7.51. The van der Waals surface area contributed by atoms with Crippen molar-refractivity contribution in [2.75, 3.05) is 19.6 Å². The molecule has 0 amide bonds. The van der Waals surface area contributed by atoms with E-state index in [2.05, 4.69) is 50.9 Å². The van der Waals surface area contributed by atoms with Crippen molar-refractivity contribution in [1.29, 1.82) is 0 Å². The van der Waals surface area contributed by atoms with Gasteiger partial charge >= 0.3 is 0 Å². The van der Waals surface area contributed by atoms with Crippen LogP contribution in [0.25, 0.3) is 0 Å². The lowest BCUT2D eigenvalue weighted by Gasteiger charge is -2.22. The largest absolute Gasteiger partial charge is 0.468 e.